The number of hydrogen-bond acceptors (Lipinski definition) is 3. The first-order valence-electron chi connectivity index (χ1n) is 7.08. The van der Waals surface area contributed by atoms with Gasteiger partial charge in [-0.05, 0) is 45.1 Å². The van der Waals surface area contributed by atoms with Crippen molar-refractivity contribution in [2.24, 2.45) is 0 Å². The van der Waals surface area contributed by atoms with Crippen LogP contribution in [0.2, 0.25) is 0 Å². The van der Waals surface area contributed by atoms with Crippen LogP contribution in [0.1, 0.15) is 38.5 Å². The lowest BCUT2D eigenvalue weighted by Gasteiger charge is -2.24. The number of rotatable bonds is 6. The smallest absolute Gasteiger partial charge is 0.234 e. The lowest BCUT2D eigenvalue weighted by atomic mass is 10.2. The van der Waals surface area contributed by atoms with Crippen LogP contribution in [0.15, 0.2) is 0 Å². The summed E-state index contributed by atoms with van der Waals surface area (Å²) in [5.74, 6) is 0.234. The summed E-state index contributed by atoms with van der Waals surface area (Å²) in [5, 5.41) is 6.61. The molecule has 2 N–H and O–H groups in total. The lowest BCUT2D eigenvalue weighted by molar-refractivity contribution is -0.122. The quantitative estimate of drug-likeness (QED) is 0.706. The summed E-state index contributed by atoms with van der Waals surface area (Å²) < 4.78 is 0. The minimum atomic E-state index is 0.234. The third-order valence-electron chi connectivity index (χ3n) is 3.97. The molecule has 96 valence electrons. The molecule has 0 bridgehead atoms. The van der Waals surface area contributed by atoms with Gasteiger partial charge in [0.1, 0.15) is 0 Å². The van der Waals surface area contributed by atoms with Crippen molar-refractivity contribution in [3.63, 3.8) is 0 Å². The van der Waals surface area contributed by atoms with E-state index in [2.05, 4.69) is 15.5 Å². The number of nitrogens with zero attached hydrogens (tertiary/aromatic N) is 1. The molecular weight excluding hydrogens is 214 g/mol. The van der Waals surface area contributed by atoms with Crippen LogP contribution in [0.3, 0.4) is 0 Å². The Labute approximate surface area is 103 Å². The van der Waals surface area contributed by atoms with Gasteiger partial charge in [0.25, 0.3) is 0 Å². The number of amides is 1. The van der Waals surface area contributed by atoms with E-state index in [4.69, 9.17) is 0 Å². The molecule has 4 nitrogen and oxygen atoms in total. The van der Waals surface area contributed by atoms with E-state index in [1.54, 1.807) is 0 Å². The van der Waals surface area contributed by atoms with Crippen LogP contribution in [0, 0.1) is 0 Å². The molecule has 3 aliphatic rings. The third-order valence-corrected chi connectivity index (χ3v) is 3.97. The van der Waals surface area contributed by atoms with Gasteiger partial charge in [0, 0.05) is 24.7 Å². The lowest BCUT2D eigenvalue weighted by Crippen LogP contribution is -2.44. The molecule has 1 amide bonds. The zero-order valence-electron chi connectivity index (χ0n) is 10.5. The van der Waals surface area contributed by atoms with E-state index < -0.39 is 0 Å². The Balaban J connectivity index is 1.46. The molecular formula is C13H23N3O. The van der Waals surface area contributed by atoms with Crippen molar-refractivity contribution >= 4 is 5.91 Å². The molecule has 1 aliphatic heterocycles. The van der Waals surface area contributed by atoms with Crippen molar-refractivity contribution in [2.45, 2.75) is 56.7 Å². The van der Waals surface area contributed by atoms with Crippen molar-refractivity contribution in [1.29, 1.82) is 0 Å². The number of nitrogens with one attached hydrogen (secondary N) is 2. The second kappa shape index (κ2) is 4.94. The molecule has 0 aromatic carbocycles. The molecule has 0 aromatic heterocycles. The average molecular weight is 237 g/mol. The predicted molar refractivity (Wildman–Crippen MR) is 66.8 cm³/mol. The maximum Gasteiger partial charge on any atom is 0.234 e. The summed E-state index contributed by atoms with van der Waals surface area (Å²) in [7, 11) is 0. The van der Waals surface area contributed by atoms with Crippen molar-refractivity contribution in [3.8, 4) is 0 Å². The predicted octanol–water partition coefficient (Wildman–Crippen LogP) is 0.481. The Kier molecular flexibility index (Phi) is 3.34. The van der Waals surface area contributed by atoms with E-state index in [1.165, 1.54) is 38.5 Å². The first-order chi connectivity index (χ1) is 8.31. The SMILES string of the molecule is O=C(CN(CC1CCCN1)C1CC1)NC1CC1. The molecule has 1 atom stereocenters. The Morgan fingerprint density at radius 3 is 2.65 bits per heavy atom. The summed E-state index contributed by atoms with van der Waals surface area (Å²) in [6, 6.07) is 1.79. The first kappa shape index (κ1) is 11.5. The molecule has 0 radical (unpaired) electrons. The van der Waals surface area contributed by atoms with E-state index in [0.29, 0.717) is 24.7 Å². The van der Waals surface area contributed by atoms with Crippen LogP contribution < -0.4 is 10.6 Å². The molecule has 4 heteroatoms. The zero-order chi connectivity index (χ0) is 11.7. The zero-order valence-corrected chi connectivity index (χ0v) is 10.5. The Morgan fingerprint density at radius 1 is 1.24 bits per heavy atom. The van der Waals surface area contributed by atoms with Gasteiger partial charge in [0.05, 0.1) is 6.54 Å². The van der Waals surface area contributed by atoms with Crippen LogP contribution in [-0.4, -0.2) is 48.6 Å². The molecule has 3 fully saturated rings. The van der Waals surface area contributed by atoms with Gasteiger partial charge in [-0.2, -0.15) is 0 Å². The fourth-order valence-electron chi connectivity index (χ4n) is 2.66. The van der Waals surface area contributed by atoms with Gasteiger partial charge < -0.3 is 10.6 Å². The van der Waals surface area contributed by atoms with E-state index in [0.717, 1.165) is 13.1 Å². The summed E-state index contributed by atoms with van der Waals surface area (Å²) in [6.45, 7) is 2.82. The standard InChI is InChI=1S/C13H23N3O/c17-13(15-10-3-4-10)9-16(12-5-6-12)8-11-2-1-7-14-11/h10-12,14H,1-9H2,(H,15,17). The molecule has 1 unspecified atom stereocenters. The molecule has 3 rings (SSSR count). The van der Waals surface area contributed by atoms with Crippen LogP contribution in [0.5, 0.6) is 0 Å². The Bertz CT molecular complexity index is 280. The monoisotopic (exact) mass is 237 g/mol. The summed E-state index contributed by atoms with van der Waals surface area (Å²) in [5.41, 5.74) is 0. The van der Waals surface area contributed by atoms with Gasteiger partial charge >= 0.3 is 0 Å². The van der Waals surface area contributed by atoms with Gasteiger partial charge in [-0.15, -0.1) is 0 Å². The molecule has 1 heterocycles. The summed E-state index contributed by atoms with van der Waals surface area (Å²) >= 11 is 0. The topological polar surface area (TPSA) is 44.4 Å². The Morgan fingerprint density at radius 2 is 2.06 bits per heavy atom. The number of carbonyl (C=O) groups is 1. The van der Waals surface area contributed by atoms with E-state index in [9.17, 15) is 4.79 Å². The maximum absolute atomic E-state index is 11.8. The fraction of sp³-hybridized carbons (Fsp3) is 0.923. The highest BCUT2D eigenvalue weighted by Crippen LogP contribution is 2.27. The highest BCUT2D eigenvalue weighted by Gasteiger charge is 2.33. The molecule has 17 heavy (non-hydrogen) atoms. The first-order valence-corrected chi connectivity index (χ1v) is 7.08. The highest BCUT2D eigenvalue weighted by molar-refractivity contribution is 5.78. The van der Waals surface area contributed by atoms with E-state index in [-0.39, 0.29) is 5.91 Å². The minimum Gasteiger partial charge on any atom is -0.352 e. The van der Waals surface area contributed by atoms with Gasteiger partial charge in [-0.3, -0.25) is 9.69 Å². The second-order valence-corrected chi connectivity index (χ2v) is 5.80. The molecule has 0 aromatic rings. The minimum absolute atomic E-state index is 0.234. The van der Waals surface area contributed by atoms with Crippen molar-refractivity contribution in [2.75, 3.05) is 19.6 Å². The van der Waals surface area contributed by atoms with E-state index >= 15 is 0 Å². The van der Waals surface area contributed by atoms with Crippen molar-refractivity contribution < 1.29 is 4.79 Å². The summed E-state index contributed by atoms with van der Waals surface area (Å²) in [4.78, 5) is 14.2. The summed E-state index contributed by atoms with van der Waals surface area (Å²) in [6.07, 6.45) is 7.48. The molecule has 0 spiro atoms. The van der Waals surface area contributed by atoms with Crippen LogP contribution in [0.4, 0.5) is 0 Å². The van der Waals surface area contributed by atoms with Crippen LogP contribution in [0.25, 0.3) is 0 Å². The van der Waals surface area contributed by atoms with Crippen LogP contribution in [-0.2, 0) is 4.79 Å². The molecule has 1 saturated heterocycles. The molecule has 2 aliphatic carbocycles. The molecule has 2 saturated carbocycles. The fourth-order valence-corrected chi connectivity index (χ4v) is 2.66. The Hall–Kier alpha value is -0.610. The van der Waals surface area contributed by atoms with Gasteiger partial charge in [0.15, 0.2) is 0 Å². The number of carbonyl (C=O) groups excluding carboxylic acids is 1. The highest BCUT2D eigenvalue weighted by atomic mass is 16.2. The van der Waals surface area contributed by atoms with E-state index in [1.807, 2.05) is 0 Å². The second-order valence-electron chi connectivity index (χ2n) is 5.80. The maximum atomic E-state index is 11.8. The average Bonchev–Trinajstić information content (AvgIpc) is 3.20. The van der Waals surface area contributed by atoms with Gasteiger partial charge in [-0.1, -0.05) is 0 Å². The normalized spacial score (nSPS) is 28.6. The van der Waals surface area contributed by atoms with Crippen molar-refractivity contribution in [3.05, 3.63) is 0 Å². The third kappa shape index (κ3) is 3.42. The number of hydrogen-bond donors (Lipinski definition) is 2. The van der Waals surface area contributed by atoms with Crippen LogP contribution >= 0.6 is 0 Å². The van der Waals surface area contributed by atoms with Crippen molar-refractivity contribution in [1.82, 2.24) is 15.5 Å². The van der Waals surface area contributed by atoms with Gasteiger partial charge in [0.2, 0.25) is 5.91 Å². The largest absolute Gasteiger partial charge is 0.352 e. The van der Waals surface area contributed by atoms with Gasteiger partial charge in [-0.25, -0.2) is 0 Å².